The number of ether oxygens (including phenoxy) is 2. The number of carbonyl (C=O) groups is 1. The SMILES string of the molecule is CCOc1ccc(CC2C(=O)N(c3ccccc3)c3ccccc32)cc1OCC. The first-order chi connectivity index (χ1) is 14.2. The lowest BCUT2D eigenvalue weighted by Crippen LogP contribution is -2.24. The topological polar surface area (TPSA) is 38.8 Å². The number of anilines is 2. The summed E-state index contributed by atoms with van der Waals surface area (Å²) in [5.74, 6) is 1.34. The summed E-state index contributed by atoms with van der Waals surface area (Å²) >= 11 is 0. The van der Waals surface area contributed by atoms with Gasteiger partial charge >= 0.3 is 0 Å². The Morgan fingerprint density at radius 1 is 0.828 bits per heavy atom. The second-order valence-corrected chi connectivity index (χ2v) is 6.97. The Morgan fingerprint density at radius 3 is 2.28 bits per heavy atom. The highest BCUT2D eigenvalue weighted by atomic mass is 16.5. The van der Waals surface area contributed by atoms with Crippen LogP contribution < -0.4 is 14.4 Å². The van der Waals surface area contributed by atoms with Gasteiger partial charge in [0.25, 0.3) is 0 Å². The predicted octanol–water partition coefficient (Wildman–Crippen LogP) is 5.49. The first-order valence-electron chi connectivity index (χ1n) is 10.1. The van der Waals surface area contributed by atoms with Gasteiger partial charge in [0.1, 0.15) is 0 Å². The van der Waals surface area contributed by atoms with Crippen molar-refractivity contribution >= 4 is 17.3 Å². The van der Waals surface area contributed by atoms with Gasteiger partial charge in [0.05, 0.1) is 24.8 Å². The van der Waals surface area contributed by atoms with Crippen LogP contribution in [0.2, 0.25) is 0 Å². The Labute approximate surface area is 171 Å². The fourth-order valence-corrected chi connectivity index (χ4v) is 3.89. The van der Waals surface area contributed by atoms with E-state index in [1.807, 2.05) is 85.5 Å². The molecule has 0 aliphatic carbocycles. The van der Waals surface area contributed by atoms with Crippen molar-refractivity contribution < 1.29 is 14.3 Å². The van der Waals surface area contributed by atoms with Gasteiger partial charge in [-0.3, -0.25) is 9.69 Å². The quantitative estimate of drug-likeness (QED) is 0.538. The number of hydrogen-bond acceptors (Lipinski definition) is 3. The standard InChI is InChI=1S/C25H25NO3/c1-3-28-23-15-14-18(17-24(23)29-4-2)16-21-20-12-8-9-13-22(20)26(25(21)27)19-10-6-5-7-11-19/h5-15,17,21H,3-4,16H2,1-2H3. The van der Waals surface area contributed by atoms with Crippen molar-refractivity contribution in [2.24, 2.45) is 0 Å². The summed E-state index contributed by atoms with van der Waals surface area (Å²) in [5, 5.41) is 0. The van der Waals surface area contributed by atoms with Crippen molar-refractivity contribution in [2.75, 3.05) is 18.1 Å². The molecule has 0 saturated heterocycles. The van der Waals surface area contributed by atoms with E-state index in [0.717, 1.165) is 34.0 Å². The smallest absolute Gasteiger partial charge is 0.239 e. The maximum absolute atomic E-state index is 13.4. The van der Waals surface area contributed by atoms with E-state index in [0.29, 0.717) is 19.6 Å². The molecule has 0 radical (unpaired) electrons. The van der Waals surface area contributed by atoms with Crippen molar-refractivity contribution in [2.45, 2.75) is 26.2 Å². The van der Waals surface area contributed by atoms with Gasteiger partial charge in [-0.1, -0.05) is 42.5 Å². The van der Waals surface area contributed by atoms with Gasteiger partial charge in [0, 0.05) is 5.69 Å². The molecule has 1 aliphatic heterocycles. The van der Waals surface area contributed by atoms with Gasteiger partial charge in [-0.25, -0.2) is 0 Å². The van der Waals surface area contributed by atoms with Crippen LogP contribution >= 0.6 is 0 Å². The van der Waals surface area contributed by atoms with E-state index in [4.69, 9.17) is 9.47 Å². The molecule has 0 aromatic heterocycles. The third-order valence-corrected chi connectivity index (χ3v) is 5.13. The summed E-state index contributed by atoms with van der Waals surface area (Å²) in [7, 11) is 0. The lowest BCUT2D eigenvalue weighted by Gasteiger charge is -2.18. The molecule has 3 aromatic carbocycles. The minimum Gasteiger partial charge on any atom is -0.490 e. The lowest BCUT2D eigenvalue weighted by molar-refractivity contribution is -0.118. The molecule has 0 spiro atoms. The summed E-state index contributed by atoms with van der Waals surface area (Å²) in [4.78, 5) is 15.2. The molecule has 3 aromatic rings. The van der Waals surface area contributed by atoms with Crippen molar-refractivity contribution in [3.8, 4) is 11.5 Å². The van der Waals surface area contributed by atoms with E-state index in [1.54, 1.807) is 0 Å². The summed E-state index contributed by atoms with van der Waals surface area (Å²) < 4.78 is 11.4. The molecule has 1 atom stereocenters. The van der Waals surface area contributed by atoms with Crippen molar-refractivity contribution in [3.05, 3.63) is 83.9 Å². The van der Waals surface area contributed by atoms with Crippen LogP contribution in [0.1, 0.15) is 30.9 Å². The molecule has 0 saturated carbocycles. The molecule has 4 rings (SSSR count). The number of amides is 1. The van der Waals surface area contributed by atoms with Crippen molar-refractivity contribution in [1.82, 2.24) is 0 Å². The predicted molar refractivity (Wildman–Crippen MR) is 115 cm³/mol. The molecule has 1 amide bonds. The first kappa shape index (κ1) is 19.1. The van der Waals surface area contributed by atoms with Gasteiger partial charge in [-0.05, 0) is 61.7 Å². The third kappa shape index (κ3) is 3.70. The maximum atomic E-state index is 13.4. The average Bonchev–Trinajstić information content (AvgIpc) is 3.02. The van der Waals surface area contributed by atoms with Crippen LogP contribution in [-0.4, -0.2) is 19.1 Å². The van der Waals surface area contributed by atoms with Gasteiger partial charge in [0.15, 0.2) is 11.5 Å². The van der Waals surface area contributed by atoms with E-state index in [1.165, 1.54) is 0 Å². The zero-order valence-corrected chi connectivity index (χ0v) is 16.8. The Kier molecular flexibility index (Phi) is 5.52. The Morgan fingerprint density at radius 2 is 1.52 bits per heavy atom. The normalized spacial score (nSPS) is 15.3. The number of nitrogens with zero attached hydrogens (tertiary/aromatic N) is 1. The van der Waals surface area contributed by atoms with E-state index >= 15 is 0 Å². The molecule has 1 aliphatic rings. The number of rotatable bonds is 7. The summed E-state index contributed by atoms with van der Waals surface area (Å²) in [6.45, 7) is 5.06. The second kappa shape index (κ2) is 8.39. The zero-order valence-electron chi connectivity index (χ0n) is 16.8. The zero-order chi connectivity index (χ0) is 20.2. The minimum atomic E-state index is -0.223. The summed E-state index contributed by atoms with van der Waals surface area (Å²) in [5.41, 5.74) is 3.98. The molecule has 1 unspecified atom stereocenters. The number of carbonyl (C=O) groups excluding carboxylic acids is 1. The molecular weight excluding hydrogens is 362 g/mol. The van der Waals surface area contributed by atoms with Crippen LogP contribution in [-0.2, 0) is 11.2 Å². The number of para-hydroxylation sites is 2. The Balaban J connectivity index is 1.67. The van der Waals surface area contributed by atoms with Gasteiger partial charge in [0.2, 0.25) is 5.91 Å². The molecule has 4 heteroatoms. The first-order valence-corrected chi connectivity index (χ1v) is 10.1. The van der Waals surface area contributed by atoms with Gasteiger partial charge < -0.3 is 9.47 Å². The summed E-state index contributed by atoms with van der Waals surface area (Å²) in [6, 6.07) is 23.8. The molecule has 148 valence electrons. The van der Waals surface area contributed by atoms with E-state index in [2.05, 4.69) is 6.07 Å². The maximum Gasteiger partial charge on any atom is 0.239 e. The monoisotopic (exact) mass is 387 g/mol. The molecule has 4 nitrogen and oxygen atoms in total. The molecule has 1 heterocycles. The fraction of sp³-hybridized carbons (Fsp3) is 0.240. The van der Waals surface area contributed by atoms with Crippen LogP contribution in [0.25, 0.3) is 0 Å². The molecule has 29 heavy (non-hydrogen) atoms. The highest BCUT2D eigenvalue weighted by molar-refractivity contribution is 6.10. The van der Waals surface area contributed by atoms with Crippen LogP contribution in [0.15, 0.2) is 72.8 Å². The van der Waals surface area contributed by atoms with E-state index < -0.39 is 0 Å². The third-order valence-electron chi connectivity index (χ3n) is 5.13. The van der Waals surface area contributed by atoms with Crippen LogP contribution in [0.3, 0.4) is 0 Å². The molecule has 0 bridgehead atoms. The minimum absolute atomic E-state index is 0.101. The molecule has 0 N–H and O–H groups in total. The fourth-order valence-electron chi connectivity index (χ4n) is 3.89. The van der Waals surface area contributed by atoms with Crippen LogP contribution in [0.4, 0.5) is 11.4 Å². The van der Waals surface area contributed by atoms with Crippen molar-refractivity contribution in [3.63, 3.8) is 0 Å². The lowest BCUT2D eigenvalue weighted by atomic mass is 9.93. The van der Waals surface area contributed by atoms with Crippen LogP contribution in [0.5, 0.6) is 11.5 Å². The molecular formula is C25H25NO3. The highest BCUT2D eigenvalue weighted by Gasteiger charge is 2.37. The highest BCUT2D eigenvalue weighted by Crippen LogP contribution is 2.43. The average molecular weight is 387 g/mol. The van der Waals surface area contributed by atoms with E-state index in [9.17, 15) is 4.79 Å². The van der Waals surface area contributed by atoms with E-state index in [-0.39, 0.29) is 11.8 Å². The van der Waals surface area contributed by atoms with Gasteiger partial charge in [-0.15, -0.1) is 0 Å². The second-order valence-electron chi connectivity index (χ2n) is 6.97. The Bertz CT molecular complexity index is 1000. The summed E-state index contributed by atoms with van der Waals surface area (Å²) in [6.07, 6.45) is 0.617. The largest absolute Gasteiger partial charge is 0.490 e. The van der Waals surface area contributed by atoms with Crippen molar-refractivity contribution in [1.29, 1.82) is 0 Å². The number of hydrogen-bond donors (Lipinski definition) is 0. The Hall–Kier alpha value is -3.27. The number of benzene rings is 3. The van der Waals surface area contributed by atoms with Crippen LogP contribution in [0, 0.1) is 0 Å². The molecule has 0 fully saturated rings. The number of fused-ring (bicyclic) bond motifs is 1. The van der Waals surface area contributed by atoms with Gasteiger partial charge in [-0.2, -0.15) is 0 Å².